The van der Waals surface area contributed by atoms with Gasteiger partial charge in [-0.15, -0.1) is 0 Å². The van der Waals surface area contributed by atoms with Crippen molar-refractivity contribution in [1.82, 2.24) is 19.1 Å². The summed E-state index contributed by atoms with van der Waals surface area (Å²) >= 11 is 0. The summed E-state index contributed by atoms with van der Waals surface area (Å²) in [5, 5.41) is 34.5. The molecule has 0 bridgehead atoms. The molecule has 0 N–H and O–H groups in total. The minimum atomic E-state index is 0.271. The Balaban J connectivity index is 1.12. The number of nitrogens with zero attached hydrogens (tertiary/aromatic N) is 7. The van der Waals surface area contributed by atoms with Gasteiger partial charge in [-0.05, 0) is 83.9 Å². The quantitative estimate of drug-likeness (QED) is 0.159. The van der Waals surface area contributed by atoms with E-state index in [-0.39, 0.29) is 16.7 Å². The lowest BCUT2D eigenvalue weighted by atomic mass is 9.92. The lowest BCUT2D eigenvalue weighted by molar-refractivity contribution is 1.16. The molecule has 0 radical (unpaired) electrons. The second kappa shape index (κ2) is 16.3. The zero-order valence-corrected chi connectivity index (χ0v) is 36.3. The van der Waals surface area contributed by atoms with Gasteiger partial charge in [-0.2, -0.15) is 15.8 Å². The molecule has 12 aromatic rings. The van der Waals surface area contributed by atoms with Crippen LogP contribution >= 0.6 is 0 Å². The van der Waals surface area contributed by atoms with Gasteiger partial charge in [0.2, 0.25) is 0 Å². The van der Waals surface area contributed by atoms with Gasteiger partial charge in [0.15, 0.2) is 5.82 Å². The minimum absolute atomic E-state index is 0.271. The third kappa shape index (κ3) is 6.57. The van der Waals surface area contributed by atoms with Gasteiger partial charge < -0.3 is 9.13 Å². The van der Waals surface area contributed by atoms with Crippen LogP contribution in [0.15, 0.2) is 212 Å². The molecule has 0 saturated carbocycles. The predicted molar refractivity (Wildman–Crippen MR) is 272 cm³/mol. The fourth-order valence-electron chi connectivity index (χ4n) is 9.79. The van der Waals surface area contributed by atoms with E-state index < -0.39 is 0 Å². The molecule has 68 heavy (non-hydrogen) atoms. The maximum atomic E-state index is 10.2. The Hall–Kier alpha value is -9.87. The van der Waals surface area contributed by atoms with E-state index in [0.717, 1.165) is 89.0 Å². The smallest absolute Gasteiger partial charge is 0.160 e. The van der Waals surface area contributed by atoms with Crippen molar-refractivity contribution in [2.24, 2.45) is 0 Å². The van der Waals surface area contributed by atoms with Crippen molar-refractivity contribution < 1.29 is 0 Å². The summed E-state index contributed by atoms with van der Waals surface area (Å²) in [6.07, 6.45) is 0. The van der Waals surface area contributed by atoms with Crippen LogP contribution < -0.4 is 0 Å². The minimum Gasteiger partial charge on any atom is -0.309 e. The van der Waals surface area contributed by atoms with Crippen molar-refractivity contribution in [2.75, 3.05) is 0 Å². The molecule has 0 aliphatic rings. The summed E-state index contributed by atoms with van der Waals surface area (Å²) in [5.74, 6) is 0.639. The van der Waals surface area contributed by atoms with Crippen molar-refractivity contribution >= 4 is 43.6 Å². The van der Waals surface area contributed by atoms with Gasteiger partial charge in [0.1, 0.15) is 0 Å². The number of para-hydroxylation sites is 3. The van der Waals surface area contributed by atoms with E-state index in [0.29, 0.717) is 11.4 Å². The lowest BCUT2D eigenvalue weighted by Gasteiger charge is -2.18. The maximum Gasteiger partial charge on any atom is 0.160 e. The lowest BCUT2D eigenvalue weighted by Crippen LogP contribution is -2.00. The van der Waals surface area contributed by atoms with Gasteiger partial charge in [0, 0.05) is 55.0 Å². The number of aromatic nitrogens is 4. The molecule has 9 aromatic carbocycles. The first kappa shape index (κ1) is 39.7. The standard InChI is InChI=1S/C61H35N7/c62-36-39-30-45(37-63)60(46(31-39)38-64)44-27-29-59-52(34-44)50-22-9-12-25-57(50)68(59)58-28-26-43(54-35-53(40-14-3-1-4-15-40)65-61(66-54)41-16-5-2-6-17-41)33-51(58)42-18-13-19-47(32-42)67-55-23-10-7-20-48(55)49-21-8-11-24-56(49)67/h1-35H. The van der Waals surface area contributed by atoms with Crippen LogP contribution in [0.2, 0.25) is 0 Å². The summed E-state index contributed by atoms with van der Waals surface area (Å²) < 4.78 is 4.65. The van der Waals surface area contributed by atoms with Crippen LogP contribution in [0.4, 0.5) is 0 Å². The van der Waals surface area contributed by atoms with Crippen molar-refractivity contribution in [3.8, 4) is 85.7 Å². The molecule has 3 heterocycles. The topological polar surface area (TPSA) is 107 Å². The number of hydrogen-bond acceptors (Lipinski definition) is 5. The molecule has 0 spiro atoms. The van der Waals surface area contributed by atoms with Gasteiger partial charge >= 0.3 is 0 Å². The molecule has 7 nitrogen and oxygen atoms in total. The van der Waals surface area contributed by atoms with Gasteiger partial charge in [0.05, 0.1) is 74.0 Å². The van der Waals surface area contributed by atoms with E-state index in [1.807, 2.05) is 60.7 Å². The monoisotopic (exact) mass is 865 g/mol. The molecular formula is C61H35N7. The van der Waals surface area contributed by atoms with Crippen LogP contribution in [0.1, 0.15) is 16.7 Å². The van der Waals surface area contributed by atoms with Crippen molar-refractivity contribution in [3.63, 3.8) is 0 Å². The van der Waals surface area contributed by atoms with Crippen LogP contribution in [0, 0.1) is 34.0 Å². The predicted octanol–water partition coefficient (Wildman–Crippen LogP) is 14.6. The van der Waals surface area contributed by atoms with Crippen LogP contribution in [0.5, 0.6) is 0 Å². The molecule has 0 aliphatic heterocycles. The van der Waals surface area contributed by atoms with Crippen molar-refractivity contribution in [1.29, 1.82) is 15.8 Å². The molecule has 0 unspecified atom stereocenters. The van der Waals surface area contributed by atoms with E-state index in [2.05, 4.69) is 167 Å². The molecule has 12 rings (SSSR count). The molecule has 0 fully saturated rings. The Morgan fingerprint density at radius 3 is 1.51 bits per heavy atom. The Kier molecular flexibility index (Phi) is 9.51. The van der Waals surface area contributed by atoms with Crippen molar-refractivity contribution in [2.45, 2.75) is 0 Å². The molecule has 0 amide bonds. The Bertz CT molecular complexity index is 3980. The highest BCUT2D eigenvalue weighted by Gasteiger charge is 2.21. The third-order valence-electron chi connectivity index (χ3n) is 12.8. The van der Waals surface area contributed by atoms with Gasteiger partial charge in [-0.3, -0.25) is 0 Å². The fraction of sp³-hybridized carbons (Fsp3) is 0. The van der Waals surface area contributed by atoms with Gasteiger partial charge in [0.25, 0.3) is 0 Å². The average Bonchev–Trinajstić information content (AvgIpc) is 3.93. The number of rotatable bonds is 7. The second-order valence-electron chi connectivity index (χ2n) is 16.7. The molecule has 0 aliphatic carbocycles. The van der Waals surface area contributed by atoms with E-state index in [1.165, 1.54) is 10.8 Å². The summed E-state index contributed by atoms with van der Waals surface area (Å²) in [6, 6.07) is 78.9. The zero-order valence-electron chi connectivity index (χ0n) is 36.3. The van der Waals surface area contributed by atoms with Gasteiger partial charge in [-0.1, -0.05) is 140 Å². The summed E-state index contributed by atoms with van der Waals surface area (Å²) in [4.78, 5) is 10.3. The first-order valence-corrected chi connectivity index (χ1v) is 22.2. The van der Waals surface area contributed by atoms with Crippen LogP contribution in [0.3, 0.4) is 0 Å². The molecule has 0 atom stereocenters. The summed E-state index contributed by atoms with van der Waals surface area (Å²) in [6.45, 7) is 0. The molecule has 3 aromatic heterocycles. The van der Waals surface area contributed by atoms with E-state index >= 15 is 0 Å². The highest BCUT2D eigenvalue weighted by atomic mass is 15.0. The molecule has 7 heteroatoms. The van der Waals surface area contributed by atoms with Crippen LogP contribution in [0.25, 0.3) is 111 Å². The summed E-state index contributed by atoms with van der Waals surface area (Å²) in [7, 11) is 0. The largest absolute Gasteiger partial charge is 0.309 e. The first-order chi connectivity index (χ1) is 33.6. The van der Waals surface area contributed by atoms with Gasteiger partial charge in [-0.25, -0.2) is 9.97 Å². The van der Waals surface area contributed by atoms with Crippen molar-refractivity contribution in [3.05, 3.63) is 229 Å². The van der Waals surface area contributed by atoms with E-state index in [1.54, 1.807) is 12.1 Å². The molecular weight excluding hydrogens is 831 g/mol. The number of nitriles is 3. The normalized spacial score (nSPS) is 11.2. The molecule has 314 valence electrons. The van der Waals surface area contributed by atoms with Crippen LogP contribution in [-0.4, -0.2) is 19.1 Å². The van der Waals surface area contributed by atoms with E-state index in [9.17, 15) is 15.8 Å². The highest BCUT2D eigenvalue weighted by Crippen LogP contribution is 2.42. The highest BCUT2D eigenvalue weighted by molar-refractivity contribution is 6.12. The zero-order chi connectivity index (χ0) is 45.7. The van der Waals surface area contributed by atoms with Crippen LogP contribution in [-0.2, 0) is 0 Å². The molecule has 0 saturated heterocycles. The number of fused-ring (bicyclic) bond motifs is 6. The Labute approximate surface area is 391 Å². The van der Waals surface area contributed by atoms with E-state index in [4.69, 9.17) is 9.97 Å². The fourth-order valence-corrected chi connectivity index (χ4v) is 9.79. The number of benzene rings is 9. The Morgan fingerprint density at radius 2 is 0.882 bits per heavy atom. The Morgan fingerprint density at radius 1 is 0.353 bits per heavy atom. The average molecular weight is 866 g/mol. The second-order valence-corrected chi connectivity index (χ2v) is 16.7. The third-order valence-corrected chi connectivity index (χ3v) is 12.8. The number of hydrogen-bond donors (Lipinski definition) is 0. The summed E-state index contributed by atoms with van der Waals surface area (Å²) in [5.41, 5.74) is 14.7. The SMILES string of the molecule is N#Cc1cc(C#N)c(-c2ccc3c(c2)c2ccccc2n3-c2ccc(-c3cc(-c4ccccc4)nc(-c4ccccc4)n3)cc2-c2cccc(-n3c4ccccc4c4ccccc43)c2)c(C#N)c1. The first-order valence-electron chi connectivity index (χ1n) is 22.2. The maximum absolute atomic E-state index is 10.2.